The summed E-state index contributed by atoms with van der Waals surface area (Å²) in [6.45, 7) is 2.19. The van der Waals surface area contributed by atoms with E-state index in [1.807, 2.05) is 31.2 Å². The zero-order chi connectivity index (χ0) is 16.1. The fraction of sp³-hybridized carbons (Fsp3) is 0.188. The van der Waals surface area contributed by atoms with Crippen LogP contribution >= 0.6 is 34.2 Å². The average molecular weight is 433 g/mol. The standard InChI is InChI=1S/C16H14ClIO4/c1-10-6-7-15(12(17)8-10)21-9-11-13(18)4-3-5-14(11)22-16(19)20-2/h3-8H,9H2,1-2H3. The number of methoxy groups -OCH3 is 1. The van der Waals surface area contributed by atoms with Crippen LogP contribution in [-0.2, 0) is 11.3 Å². The Bertz CT molecular complexity index is 688. The number of benzene rings is 2. The van der Waals surface area contributed by atoms with Crippen molar-refractivity contribution in [3.8, 4) is 11.5 Å². The van der Waals surface area contributed by atoms with Crippen LogP contribution in [-0.4, -0.2) is 13.3 Å². The molecule has 0 fully saturated rings. The normalized spacial score (nSPS) is 10.2. The van der Waals surface area contributed by atoms with Gasteiger partial charge in [-0.15, -0.1) is 0 Å². The van der Waals surface area contributed by atoms with Gasteiger partial charge in [-0.05, 0) is 59.3 Å². The molecule has 2 aromatic rings. The third kappa shape index (κ3) is 4.27. The zero-order valence-corrected chi connectivity index (χ0v) is 15.0. The molecule has 0 saturated heterocycles. The maximum absolute atomic E-state index is 11.3. The summed E-state index contributed by atoms with van der Waals surface area (Å²) in [6.07, 6.45) is -0.767. The van der Waals surface area contributed by atoms with Gasteiger partial charge in [-0.3, -0.25) is 0 Å². The number of rotatable bonds is 4. The van der Waals surface area contributed by atoms with Gasteiger partial charge in [-0.1, -0.05) is 23.7 Å². The Hall–Kier alpha value is -1.47. The molecule has 116 valence electrons. The van der Waals surface area contributed by atoms with Crippen molar-refractivity contribution in [1.82, 2.24) is 0 Å². The first kappa shape index (κ1) is 16.9. The minimum absolute atomic E-state index is 0.230. The van der Waals surface area contributed by atoms with Gasteiger partial charge in [0.2, 0.25) is 0 Å². The molecule has 0 aliphatic rings. The number of carbonyl (C=O) groups excluding carboxylic acids is 1. The third-order valence-corrected chi connectivity index (χ3v) is 4.20. The topological polar surface area (TPSA) is 44.8 Å². The molecule has 4 nitrogen and oxygen atoms in total. The smallest absolute Gasteiger partial charge is 0.487 e. The highest BCUT2D eigenvalue weighted by Crippen LogP contribution is 2.29. The molecule has 0 heterocycles. The van der Waals surface area contributed by atoms with Crippen LogP contribution in [0, 0.1) is 10.5 Å². The largest absolute Gasteiger partial charge is 0.513 e. The Balaban J connectivity index is 2.19. The van der Waals surface area contributed by atoms with Crippen molar-refractivity contribution in [3.05, 3.63) is 56.1 Å². The molecule has 0 spiro atoms. The van der Waals surface area contributed by atoms with Crippen molar-refractivity contribution in [2.24, 2.45) is 0 Å². The van der Waals surface area contributed by atoms with E-state index in [0.717, 1.165) is 14.7 Å². The first-order valence-electron chi connectivity index (χ1n) is 6.43. The average Bonchev–Trinajstić information content (AvgIpc) is 2.48. The lowest BCUT2D eigenvalue weighted by atomic mass is 10.2. The summed E-state index contributed by atoms with van der Waals surface area (Å²) in [4.78, 5) is 11.3. The summed E-state index contributed by atoms with van der Waals surface area (Å²) in [5.41, 5.74) is 1.81. The molecule has 2 aromatic carbocycles. The lowest BCUT2D eigenvalue weighted by molar-refractivity contribution is 0.120. The maximum atomic E-state index is 11.3. The van der Waals surface area contributed by atoms with Gasteiger partial charge in [0, 0.05) is 9.13 Å². The minimum Gasteiger partial charge on any atom is -0.487 e. The van der Waals surface area contributed by atoms with Gasteiger partial charge in [0.15, 0.2) is 0 Å². The molecule has 0 radical (unpaired) electrons. The van der Waals surface area contributed by atoms with Crippen LogP contribution < -0.4 is 9.47 Å². The molecule has 0 aromatic heterocycles. The van der Waals surface area contributed by atoms with Crippen molar-refractivity contribution in [1.29, 1.82) is 0 Å². The maximum Gasteiger partial charge on any atom is 0.513 e. The Morgan fingerprint density at radius 1 is 1.23 bits per heavy atom. The van der Waals surface area contributed by atoms with Crippen molar-refractivity contribution in [3.63, 3.8) is 0 Å². The van der Waals surface area contributed by atoms with Crippen molar-refractivity contribution in [2.45, 2.75) is 13.5 Å². The SMILES string of the molecule is COC(=O)Oc1cccc(I)c1COc1ccc(C)cc1Cl. The fourth-order valence-electron chi connectivity index (χ4n) is 1.78. The second-order valence-electron chi connectivity index (χ2n) is 4.50. The van der Waals surface area contributed by atoms with E-state index in [9.17, 15) is 4.79 Å². The second kappa shape index (κ2) is 7.69. The molecule has 2 rings (SSSR count). The first-order valence-corrected chi connectivity index (χ1v) is 7.89. The number of carbonyl (C=O) groups is 1. The summed E-state index contributed by atoms with van der Waals surface area (Å²) in [6, 6.07) is 11.0. The molecule has 0 saturated carbocycles. The molecule has 0 aliphatic carbocycles. The van der Waals surface area contributed by atoms with E-state index in [1.165, 1.54) is 7.11 Å². The van der Waals surface area contributed by atoms with E-state index >= 15 is 0 Å². The number of aryl methyl sites for hydroxylation is 1. The van der Waals surface area contributed by atoms with Crippen LogP contribution in [0.5, 0.6) is 11.5 Å². The Labute approximate surface area is 147 Å². The van der Waals surface area contributed by atoms with E-state index in [4.69, 9.17) is 21.1 Å². The van der Waals surface area contributed by atoms with E-state index in [1.54, 1.807) is 12.1 Å². The van der Waals surface area contributed by atoms with Crippen LogP contribution in [0.4, 0.5) is 4.79 Å². The molecule has 0 bridgehead atoms. The number of hydrogen-bond acceptors (Lipinski definition) is 4. The van der Waals surface area contributed by atoms with E-state index in [2.05, 4.69) is 27.3 Å². The zero-order valence-electron chi connectivity index (χ0n) is 12.1. The predicted molar refractivity (Wildman–Crippen MR) is 92.7 cm³/mol. The minimum atomic E-state index is -0.767. The van der Waals surface area contributed by atoms with E-state index in [0.29, 0.717) is 16.5 Å². The Kier molecular flexibility index (Phi) is 5.90. The molecular weight excluding hydrogens is 419 g/mol. The summed E-state index contributed by atoms with van der Waals surface area (Å²) in [5.74, 6) is 0.984. The Morgan fingerprint density at radius 3 is 2.68 bits per heavy atom. The quantitative estimate of drug-likeness (QED) is 0.388. The lowest BCUT2D eigenvalue weighted by Crippen LogP contribution is -2.10. The molecule has 0 amide bonds. The summed E-state index contributed by atoms with van der Waals surface area (Å²) >= 11 is 8.31. The second-order valence-corrected chi connectivity index (χ2v) is 6.06. The molecule has 22 heavy (non-hydrogen) atoms. The van der Waals surface area contributed by atoms with Gasteiger partial charge in [-0.2, -0.15) is 0 Å². The number of halogens is 2. The first-order chi connectivity index (χ1) is 10.5. The highest BCUT2D eigenvalue weighted by molar-refractivity contribution is 14.1. The van der Waals surface area contributed by atoms with Gasteiger partial charge < -0.3 is 14.2 Å². The van der Waals surface area contributed by atoms with Gasteiger partial charge in [0.05, 0.1) is 12.1 Å². The number of hydrogen-bond donors (Lipinski definition) is 0. The monoisotopic (exact) mass is 432 g/mol. The summed E-state index contributed by atoms with van der Waals surface area (Å²) < 4.78 is 16.3. The van der Waals surface area contributed by atoms with Crippen LogP contribution in [0.15, 0.2) is 36.4 Å². The molecule has 0 atom stereocenters. The summed E-state index contributed by atoms with van der Waals surface area (Å²) in [5, 5.41) is 0.543. The van der Waals surface area contributed by atoms with Crippen LogP contribution in [0.2, 0.25) is 5.02 Å². The molecule has 0 unspecified atom stereocenters. The molecule has 6 heteroatoms. The highest BCUT2D eigenvalue weighted by Gasteiger charge is 2.13. The lowest BCUT2D eigenvalue weighted by Gasteiger charge is -2.13. The van der Waals surface area contributed by atoms with E-state index in [-0.39, 0.29) is 6.61 Å². The van der Waals surface area contributed by atoms with Gasteiger partial charge in [0.25, 0.3) is 0 Å². The molecular formula is C16H14ClIO4. The van der Waals surface area contributed by atoms with E-state index < -0.39 is 6.16 Å². The highest BCUT2D eigenvalue weighted by atomic mass is 127. The predicted octanol–water partition coefficient (Wildman–Crippen LogP) is 4.98. The van der Waals surface area contributed by atoms with Crippen LogP contribution in [0.3, 0.4) is 0 Å². The molecule has 0 aliphatic heterocycles. The Morgan fingerprint density at radius 2 is 2.00 bits per heavy atom. The molecule has 0 N–H and O–H groups in total. The van der Waals surface area contributed by atoms with Crippen molar-refractivity contribution < 1.29 is 19.0 Å². The van der Waals surface area contributed by atoms with Gasteiger partial charge in [-0.25, -0.2) is 4.79 Å². The third-order valence-electron chi connectivity index (χ3n) is 2.90. The number of ether oxygens (including phenoxy) is 3. The van der Waals surface area contributed by atoms with Crippen molar-refractivity contribution in [2.75, 3.05) is 7.11 Å². The van der Waals surface area contributed by atoms with Gasteiger partial charge >= 0.3 is 6.16 Å². The summed E-state index contributed by atoms with van der Waals surface area (Å²) in [7, 11) is 1.26. The van der Waals surface area contributed by atoms with Crippen molar-refractivity contribution >= 4 is 40.3 Å². The van der Waals surface area contributed by atoms with Gasteiger partial charge in [0.1, 0.15) is 18.1 Å². The fourth-order valence-corrected chi connectivity index (χ4v) is 2.70. The van der Waals surface area contributed by atoms with Crippen LogP contribution in [0.1, 0.15) is 11.1 Å². The van der Waals surface area contributed by atoms with Crippen LogP contribution in [0.25, 0.3) is 0 Å².